The van der Waals surface area contributed by atoms with E-state index in [-0.39, 0.29) is 36.5 Å². The van der Waals surface area contributed by atoms with Crippen LogP contribution < -0.4 is 11.1 Å². The molecule has 0 aliphatic carbocycles. The summed E-state index contributed by atoms with van der Waals surface area (Å²) in [6.45, 7) is 6.94. The largest absolute Gasteiger partial charge is 0.354 e. The van der Waals surface area contributed by atoms with E-state index >= 15 is 0 Å². The summed E-state index contributed by atoms with van der Waals surface area (Å²) in [5.74, 6) is -0.369. The van der Waals surface area contributed by atoms with Gasteiger partial charge >= 0.3 is 0 Å². The lowest BCUT2D eigenvalue weighted by Gasteiger charge is -2.36. The lowest BCUT2D eigenvalue weighted by Crippen LogP contribution is -2.49. The van der Waals surface area contributed by atoms with Gasteiger partial charge in [0.25, 0.3) is 11.6 Å². The molecule has 1 saturated heterocycles. The van der Waals surface area contributed by atoms with Gasteiger partial charge in [0.15, 0.2) is 0 Å². The monoisotopic (exact) mass is 390 g/mol. The van der Waals surface area contributed by atoms with Gasteiger partial charge in [-0.15, -0.1) is 0 Å². The fourth-order valence-electron chi connectivity index (χ4n) is 3.55. The second-order valence-electron chi connectivity index (χ2n) is 8.23. The third-order valence-electron chi connectivity index (χ3n) is 5.04. The fraction of sp³-hybridized carbons (Fsp3) is 0.600. The first kappa shape index (κ1) is 21.8. The zero-order chi connectivity index (χ0) is 20.9. The average molecular weight is 390 g/mol. The minimum absolute atomic E-state index is 0.0387. The maximum absolute atomic E-state index is 13.1. The highest BCUT2D eigenvalue weighted by atomic mass is 16.6. The molecule has 1 aliphatic rings. The summed E-state index contributed by atoms with van der Waals surface area (Å²) in [4.78, 5) is 37.6. The minimum atomic E-state index is -0.432. The van der Waals surface area contributed by atoms with Gasteiger partial charge in [0, 0.05) is 49.3 Å². The third-order valence-corrected chi connectivity index (χ3v) is 5.04. The molecule has 1 aromatic rings. The number of carbonyl (C=O) groups excluding carboxylic acids is 2. The van der Waals surface area contributed by atoms with Crippen molar-refractivity contribution in [2.24, 2.45) is 5.73 Å². The quantitative estimate of drug-likeness (QED) is 0.571. The van der Waals surface area contributed by atoms with E-state index in [1.54, 1.807) is 17.0 Å². The van der Waals surface area contributed by atoms with Crippen molar-refractivity contribution in [2.45, 2.75) is 57.9 Å². The number of hydrogen-bond acceptors (Lipinski definition) is 5. The zero-order valence-electron chi connectivity index (χ0n) is 16.9. The van der Waals surface area contributed by atoms with Crippen LogP contribution in [0, 0.1) is 10.1 Å². The SMILES string of the molecule is CC(C)(C)c1ccc(C(=O)N2CCCCC2CNC(=O)CCN)cc1[N+](=O)[O-]. The van der Waals surface area contributed by atoms with Crippen LogP contribution >= 0.6 is 0 Å². The molecular weight excluding hydrogens is 360 g/mol. The second-order valence-corrected chi connectivity index (χ2v) is 8.23. The van der Waals surface area contributed by atoms with Crippen LogP contribution in [0.2, 0.25) is 0 Å². The molecule has 1 atom stereocenters. The molecule has 1 unspecified atom stereocenters. The number of nitrogens with one attached hydrogen (secondary N) is 1. The van der Waals surface area contributed by atoms with E-state index in [0.717, 1.165) is 19.3 Å². The Labute approximate surface area is 165 Å². The second kappa shape index (κ2) is 9.14. The van der Waals surface area contributed by atoms with Gasteiger partial charge < -0.3 is 16.0 Å². The molecule has 0 radical (unpaired) electrons. The van der Waals surface area contributed by atoms with Crippen LogP contribution in [0.1, 0.15) is 62.4 Å². The Kier molecular flexibility index (Phi) is 7.12. The molecule has 0 aromatic heterocycles. The van der Waals surface area contributed by atoms with Crippen LogP contribution in [-0.4, -0.2) is 47.3 Å². The summed E-state index contributed by atoms with van der Waals surface area (Å²) in [7, 11) is 0. The normalized spacial score (nSPS) is 17.3. The number of nitrogens with two attached hydrogens (primary N) is 1. The maximum Gasteiger partial charge on any atom is 0.273 e. The highest BCUT2D eigenvalue weighted by Crippen LogP contribution is 2.32. The summed E-state index contributed by atoms with van der Waals surface area (Å²) in [6, 6.07) is 4.59. The maximum atomic E-state index is 13.1. The zero-order valence-corrected chi connectivity index (χ0v) is 16.9. The lowest BCUT2D eigenvalue weighted by atomic mass is 9.85. The highest BCUT2D eigenvalue weighted by Gasteiger charge is 2.31. The van der Waals surface area contributed by atoms with Crippen LogP contribution in [0.15, 0.2) is 18.2 Å². The summed E-state index contributed by atoms with van der Waals surface area (Å²) in [5.41, 5.74) is 5.85. The molecule has 154 valence electrons. The Morgan fingerprint density at radius 3 is 2.64 bits per heavy atom. The van der Waals surface area contributed by atoms with Gasteiger partial charge in [0.05, 0.1) is 4.92 Å². The topological polar surface area (TPSA) is 119 Å². The van der Waals surface area contributed by atoms with Crippen LogP contribution in [0.25, 0.3) is 0 Å². The van der Waals surface area contributed by atoms with Crippen molar-refractivity contribution >= 4 is 17.5 Å². The third kappa shape index (κ3) is 5.28. The summed E-state index contributed by atoms with van der Waals surface area (Å²) in [5, 5.41) is 14.4. The number of rotatable bonds is 6. The first-order valence-corrected chi connectivity index (χ1v) is 9.71. The first-order chi connectivity index (χ1) is 13.1. The standard InChI is InChI=1S/C20H30N4O4/c1-20(2,3)16-8-7-14(12-17(16)24(27)28)19(26)23-11-5-4-6-15(23)13-22-18(25)9-10-21/h7-8,12,15H,4-6,9-11,13,21H2,1-3H3,(H,22,25). The molecule has 0 saturated carbocycles. The van der Waals surface area contributed by atoms with Gasteiger partial charge in [-0.1, -0.05) is 26.8 Å². The number of benzene rings is 1. The number of nitrogens with zero attached hydrogens (tertiary/aromatic N) is 2. The van der Waals surface area contributed by atoms with Crippen molar-refractivity contribution in [1.29, 1.82) is 0 Å². The molecule has 0 bridgehead atoms. The van der Waals surface area contributed by atoms with Crippen molar-refractivity contribution in [2.75, 3.05) is 19.6 Å². The Morgan fingerprint density at radius 1 is 1.32 bits per heavy atom. The molecule has 1 aliphatic heterocycles. The van der Waals surface area contributed by atoms with E-state index in [1.165, 1.54) is 6.07 Å². The van der Waals surface area contributed by atoms with Gasteiger partial charge in [-0.3, -0.25) is 19.7 Å². The molecule has 28 heavy (non-hydrogen) atoms. The molecule has 1 heterocycles. The van der Waals surface area contributed by atoms with Crippen molar-refractivity contribution < 1.29 is 14.5 Å². The van der Waals surface area contributed by atoms with Crippen molar-refractivity contribution in [3.8, 4) is 0 Å². The number of nitro groups is 1. The van der Waals surface area contributed by atoms with Gasteiger partial charge in [-0.2, -0.15) is 0 Å². The number of hydrogen-bond donors (Lipinski definition) is 2. The van der Waals surface area contributed by atoms with Crippen molar-refractivity contribution in [3.05, 3.63) is 39.4 Å². The number of carbonyl (C=O) groups is 2. The van der Waals surface area contributed by atoms with E-state index in [4.69, 9.17) is 5.73 Å². The van der Waals surface area contributed by atoms with Gasteiger partial charge in [0.1, 0.15) is 0 Å². The van der Waals surface area contributed by atoms with E-state index in [2.05, 4.69) is 5.32 Å². The molecule has 2 amide bonds. The predicted octanol–water partition coefficient (Wildman–Crippen LogP) is 2.35. The van der Waals surface area contributed by atoms with E-state index < -0.39 is 10.3 Å². The van der Waals surface area contributed by atoms with Crippen LogP contribution in [-0.2, 0) is 10.2 Å². The smallest absolute Gasteiger partial charge is 0.273 e. The highest BCUT2D eigenvalue weighted by molar-refractivity contribution is 5.95. The van der Waals surface area contributed by atoms with Crippen LogP contribution in [0.3, 0.4) is 0 Å². The average Bonchev–Trinajstić information content (AvgIpc) is 2.65. The van der Waals surface area contributed by atoms with Crippen molar-refractivity contribution in [1.82, 2.24) is 10.2 Å². The lowest BCUT2D eigenvalue weighted by molar-refractivity contribution is -0.386. The predicted molar refractivity (Wildman–Crippen MR) is 107 cm³/mol. The van der Waals surface area contributed by atoms with E-state index in [1.807, 2.05) is 20.8 Å². The summed E-state index contributed by atoms with van der Waals surface area (Å²) in [6.07, 6.45) is 2.89. The Bertz CT molecular complexity index is 742. The Morgan fingerprint density at radius 2 is 2.04 bits per heavy atom. The number of nitro benzene ring substituents is 1. The molecule has 0 spiro atoms. The van der Waals surface area contributed by atoms with Gasteiger partial charge in [-0.25, -0.2) is 0 Å². The molecule has 8 nitrogen and oxygen atoms in total. The molecule has 3 N–H and O–H groups in total. The van der Waals surface area contributed by atoms with E-state index in [9.17, 15) is 19.7 Å². The summed E-state index contributed by atoms with van der Waals surface area (Å²) < 4.78 is 0. The van der Waals surface area contributed by atoms with Gasteiger partial charge in [-0.05, 0) is 30.7 Å². The Hall–Kier alpha value is -2.48. The first-order valence-electron chi connectivity index (χ1n) is 9.71. The van der Waals surface area contributed by atoms with Crippen LogP contribution in [0.5, 0.6) is 0 Å². The van der Waals surface area contributed by atoms with Crippen molar-refractivity contribution in [3.63, 3.8) is 0 Å². The van der Waals surface area contributed by atoms with Gasteiger partial charge in [0.2, 0.25) is 5.91 Å². The fourth-order valence-corrected chi connectivity index (χ4v) is 3.55. The van der Waals surface area contributed by atoms with E-state index in [0.29, 0.717) is 24.2 Å². The minimum Gasteiger partial charge on any atom is -0.354 e. The molecule has 1 aromatic carbocycles. The molecule has 8 heteroatoms. The van der Waals surface area contributed by atoms with Crippen LogP contribution in [0.4, 0.5) is 5.69 Å². The Balaban J connectivity index is 2.23. The number of piperidine rings is 1. The molecular formula is C20H30N4O4. The number of likely N-dealkylation sites (tertiary alicyclic amines) is 1. The molecule has 2 rings (SSSR count). The number of amides is 2. The molecule has 1 fully saturated rings. The summed E-state index contributed by atoms with van der Waals surface area (Å²) >= 11 is 0.